The van der Waals surface area contributed by atoms with Crippen molar-refractivity contribution < 1.29 is 0 Å². The lowest BCUT2D eigenvalue weighted by Gasteiger charge is -2.31. The molecule has 0 aromatic carbocycles. The van der Waals surface area contributed by atoms with Gasteiger partial charge in [-0.25, -0.2) is 0 Å². The summed E-state index contributed by atoms with van der Waals surface area (Å²) in [5.41, 5.74) is 1.13. The first-order valence-electron chi connectivity index (χ1n) is 6.82. The van der Waals surface area contributed by atoms with Gasteiger partial charge in [-0.15, -0.1) is 16.4 Å². The summed E-state index contributed by atoms with van der Waals surface area (Å²) in [6, 6.07) is 2.13. The number of halogens is 1. The van der Waals surface area contributed by atoms with E-state index in [0.717, 1.165) is 37.0 Å². The van der Waals surface area contributed by atoms with Gasteiger partial charge in [-0.1, -0.05) is 0 Å². The van der Waals surface area contributed by atoms with Crippen LogP contribution in [0.3, 0.4) is 0 Å². The highest BCUT2D eigenvalue weighted by atomic mass is 127. The van der Waals surface area contributed by atoms with E-state index in [1.165, 1.54) is 15.7 Å². The molecular weight excluding hydrogens is 385 g/mol. The Morgan fingerprint density at radius 3 is 3.25 bits per heavy atom. The molecule has 108 valence electrons. The zero-order chi connectivity index (χ0) is 13.9. The zero-order valence-corrected chi connectivity index (χ0v) is 14.4. The van der Waals surface area contributed by atoms with Gasteiger partial charge in [0.15, 0.2) is 5.82 Å². The maximum Gasteiger partial charge on any atom is 0.245 e. The van der Waals surface area contributed by atoms with Crippen molar-refractivity contribution in [3.63, 3.8) is 0 Å². The number of piperidine rings is 1. The monoisotopic (exact) mass is 403 g/mol. The fourth-order valence-electron chi connectivity index (χ4n) is 2.66. The molecule has 1 unspecified atom stereocenters. The summed E-state index contributed by atoms with van der Waals surface area (Å²) in [5.74, 6) is 2.40. The van der Waals surface area contributed by atoms with E-state index < -0.39 is 0 Å². The van der Waals surface area contributed by atoms with Gasteiger partial charge in [0.1, 0.15) is 0 Å². The lowest BCUT2D eigenvalue weighted by atomic mass is 9.98. The minimum Gasteiger partial charge on any atom is -0.339 e. The smallest absolute Gasteiger partial charge is 0.245 e. The predicted octanol–water partition coefficient (Wildman–Crippen LogP) is 2.57. The quantitative estimate of drug-likeness (QED) is 0.771. The minimum atomic E-state index is 0.692. The van der Waals surface area contributed by atoms with Crippen LogP contribution < -0.4 is 10.2 Å². The Balaban J connectivity index is 1.73. The second-order valence-corrected chi connectivity index (χ2v) is 7.94. The fraction of sp³-hybridized carbons (Fsp3) is 0.538. The summed E-state index contributed by atoms with van der Waals surface area (Å²) in [5, 5.41) is 12.8. The third kappa shape index (κ3) is 3.15. The van der Waals surface area contributed by atoms with E-state index in [1.54, 1.807) is 11.3 Å². The summed E-state index contributed by atoms with van der Waals surface area (Å²) in [6.45, 7) is 3.16. The van der Waals surface area contributed by atoms with Crippen LogP contribution in [0.4, 0.5) is 5.95 Å². The first-order chi connectivity index (χ1) is 9.76. The maximum absolute atomic E-state index is 4.65. The van der Waals surface area contributed by atoms with Gasteiger partial charge in [0, 0.05) is 24.0 Å². The number of rotatable bonds is 4. The largest absolute Gasteiger partial charge is 0.339 e. The van der Waals surface area contributed by atoms with Crippen molar-refractivity contribution in [3.8, 4) is 11.4 Å². The second-order valence-electron chi connectivity index (χ2n) is 5.14. The van der Waals surface area contributed by atoms with Gasteiger partial charge >= 0.3 is 0 Å². The topological polar surface area (TPSA) is 56.8 Å². The van der Waals surface area contributed by atoms with E-state index in [1.807, 2.05) is 7.05 Å². The van der Waals surface area contributed by atoms with Crippen LogP contribution in [0, 0.1) is 8.80 Å². The Labute approximate surface area is 136 Å². The van der Waals surface area contributed by atoms with Crippen LogP contribution in [-0.4, -0.2) is 41.9 Å². The van der Waals surface area contributed by atoms with Crippen LogP contribution in [0.15, 0.2) is 11.4 Å². The van der Waals surface area contributed by atoms with E-state index in [-0.39, 0.29) is 0 Å². The SMILES string of the molecule is CNCC1CCCN(c2n[nH]c(-c3csc(I)c3)n2)C1. The van der Waals surface area contributed by atoms with Crippen molar-refractivity contribution in [1.29, 1.82) is 0 Å². The van der Waals surface area contributed by atoms with Gasteiger partial charge in [-0.05, 0) is 61.0 Å². The molecule has 1 saturated heterocycles. The van der Waals surface area contributed by atoms with Crippen molar-refractivity contribution in [3.05, 3.63) is 14.3 Å². The van der Waals surface area contributed by atoms with Crippen LogP contribution in [0.2, 0.25) is 0 Å². The molecule has 1 aliphatic rings. The predicted molar refractivity (Wildman–Crippen MR) is 91.3 cm³/mol. The molecule has 1 atom stereocenters. The first kappa shape index (κ1) is 14.3. The fourth-order valence-corrected chi connectivity index (χ4v) is 3.99. The third-order valence-corrected chi connectivity index (χ3v) is 5.40. The molecule has 1 fully saturated rings. The highest BCUT2D eigenvalue weighted by Crippen LogP contribution is 2.26. The Morgan fingerprint density at radius 1 is 1.60 bits per heavy atom. The van der Waals surface area contributed by atoms with Crippen molar-refractivity contribution in [1.82, 2.24) is 20.5 Å². The number of nitrogens with one attached hydrogen (secondary N) is 2. The Hall–Kier alpha value is -0.670. The van der Waals surface area contributed by atoms with Crippen molar-refractivity contribution in [2.24, 2.45) is 5.92 Å². The normalized spacial score (nSPS) is 19.5. The molecule has 3 heterocycles. The Morgan fingerprint density at radius 2 is 2.50 bits per heavy atom. The van der Waals surface area contributed by atoms with Gasteiger partial charge in [0.05, 0.1) is 2.88 Å². The molecule has 2 aromatic heterocycles. The van der Waals surface area contributed by atoms with Crippen LogP contribution in [0.5, 0.6) is 0 Å². The molecule has 0 spiro atoms. The van der Waals surface area contributed by atoms with E-state index in [9.17, 15) is 0 Å². The Bertz CT molecular complexity index is 565. The van der Waals surface area contributed by atoms with Gasteiger partial charge in [0.2, 0.25) is 5.95 Å². The summed E-state index contributed by atoms with van der Waals surface area (Å²) in [6.07, 6.45) is 2.50. The minimum absolute atomic E-state index is 0.692. The number of aromatic amines is 1. The molecule has 0 bridgehead atoms. The Kier molecular flexibility index (Phi) is 4.57. The third-order valence-electron chi connectivity index (χ3n) is 3.61. The van der Waals surface area contributed by atoms with Crippen LogP contribution >= 0.6 is 33.9 Å². The summed E-state index contributed by atoms with van der Waals surface area (Å²) in [4.78, 5) is 6.95. The summed E-state index contributed by atoms with van der Waals surface area (Å²) < 4.78 is 1.27. The van der Waals surface area contributed by atoms with Crippen molar-refractivity contribution in [2.45, 2.75) is 12.8 Å². The molecule has 1 aliphatic heterocycles. The molecule has 7 heteroatoms. The average Bonchev–Trinajstić information content (AvgIpc) is 3.08. The number of aromatic nitrogens is 3. The van der Waals surface area contributed by atoms with E-state index in [0.29, 0.717) is 5.92 Å². The molecule has 2 N–H and O–H groups in total. The average molecular weight is 403 g/mol. The van der Waals surface area contributed by atoms with Crippen molar-refractivity contribution in [2.75, 3.05) is 31.6 Å². The molecule has 2 aromatic rings. The van der Waals surface area contributed by atoms with Gasteiger partial charge in [-0.2, -0.15) is 4.98 Å². The number of hydrogen-bond acceptors (Lipinski definition) is 5. The molecule has 0 saturated carbocycles. The van der Waals surface area contributed by atoms with Gasteiger partial charge in [0.25, 0.3) is 0 Å². The molecule has 0 aliphatic carbocycles. The molecule has 3 rings (SSSR count). The van der Waals surface area contributed by atoms with Crippen LogP contribution in [0.1, 0.15) is 12.8 Å². The summed E-state index contributed by atoms with van der Waals surface area (Å²) >= 11 is 4.06. The number of nitrogens with zero attached hydrogens (tertiary/aromatic N) is 3. The maximum atomic E-state index is 4.65. The molecule has 20 heavy (non-hydrogen) atoms. The summed E-state index contributed by atoms with van der Waals surface area (Å²) in [7, 11) is 2.02. The first-order valence-corrected chi connectivity index (χ1v) is 8.78. The van der Waals surface area contributed by atoms with E-state index >= 15 is 0 Å². The lowest BCUT2D eigenvalue weighted by molar-refractivity contribution is 0.399. The molecule has 0 amide bonds. The number of thiophene rings is 1. The van der Waals surface area contributed by atoms with Gasteiger partial charge < -0.3 is 10.2 Å². The van der Waals surface area contributed by atoms with Crippen molar-refractivity contribution >= 4 is 39.9 Å². The standard InChI is InChI=1S/C13H18IN5S/c1-15-6-9-3-2-4-19(7-9)13-16-12(17-18-13)10-5-11(14)20-8-10/h5,8-9,15H,2-4,6-7H2,1H3,(H,16,17,18). The molecular formula is C13H18IN5S. The molecule has 5 nitrogen and oxygen atoms in total. The molecule has 0 radical (unpaired) electrons. The lowest BCUT2D eigenvalue weighted by Crippen LogP contribution is -2.39. The number of anilines is 1. The number of H-pyrrole nitrogens is 1. The highest BCUT2D eigenvalue weighted by Gasteiger charge is 2.22. The van der Waals surface area contributed by atoms with Gasteiger partial charge in [-0.3, -0.25) is 5.10 Å². The number of hydrogen-bond donors (Lipinski definition) is 2. The van der Waals surface area contributed by atoms with Crippen LogP contribution in [0.25, 0.3) is 11.4 Å². The van der Waals surface area contributed by atoms with Crippen LogP contribution in [-0.2, 0) is 0 Å². The highest BCUT2D eigenvalue weighted by molar-refractivity contribution is 14.1. The second kappa shape index (κ2) is 6.40. The van der Waals surface area contributed by atoms with E-state index in [2.05, 4.69) is 59.4 Å². The van der Waals surface area contributed by atoms with E-state index in [4.69, 9.17) is 0 Å². The zero-order valence-electron chi connectivity index (χ0n) is 11.4.